The van der Waals surface area contributed by atoms with Crippen LogP contribution >= 0.6 is 0 Å². The summed E-state index contributed by atoms with van der Waals surface area (Å²) in [5.74, 6) is -0.263. The molecule has 3 aromatic rings. The molecule has 0 bridgehead atoms. The van der Waals surface area contributed by atoms with E-state index < -0.39 is 0 Å². The van der Waals surface area contributed by atoms with E-state index in [9.17, 15) is 9.18 Å². The second-order valence-electron chi connectivity index (χ2n) is 8.32. The third kappa shape index (κ3) is 4.73. The largest absolute Gasteiger partial charge is 0.353 e. The molecule has 0 saturated heterocycles. The number of aromatic nitrogens is 1. The summed E-state index contributed by atoms with van der Waals surface area (Å²) in [4.78, 5) is 15.0. The van der Waals surface area contributed by atoms with Crippen LogP contribution in [-0.2, 0) is 11.3 Å². The van der Waals surface area contributed by atoms with Crippen LogP contribution in [0.5, 0.6) is 0 Å². The van der Waals surface area contributed by atoms with E-state index in [1.54, 1.807) is 6.07 Å². The first-order chi connectivity index (χ1) is 14.6. The van der Waals surface area contributed by atoms with E-state index in [0.29, 0.717) is 12.6 Å². The minimum atomic E-state index is -0.262. The van der Waals surface area contributed by atoms with Gasteiger partial charge in [0, 0.05) is 36.3 Å². The highest BCUT2D eigenvalue weighted by Crippen LogP contribution is 2.30. The summed E-state index contributed by atoms with van der Waals surface area (Å²) in [5.41, 5.74) is 2.70. The summed E-state index contributed by atoms with van der Waals surface area (Å²) < 4.78 is 15.7. The van der Waals surface area contributed by atoms with Gasteiger partial charge in [0.2, 0.25) is 5.91 Å². The van der Waals surface area contributed by atoms with Gasteiger partial charge in [-0.2, -0.15) is 0 Å². The normalized spacial score (nSPS) is 15.0. The molecule has 1 N–H and O–H groups in total. The second-order valence-corrected chi connectivity index (χ2v) is 8.32. The van der Waals surface area contributed by atoms with Gasteiger partial charge in [-0.1, -0.05) is 49.6 Å². The Morgan fingerprint density at radius 2 is 1.93 bits per heavy atom. The van der Waals surface area contributed by atoms with E-state index in [1.165, 1.54) is 44.2 Å². The summed E-state index contributed by atoms with van der Waals surface area (Å²) in [6.07, 6.45) is 8.45. The summed E-state index contributed by atoms with van der Waals surface area (Å²) in [5, 5.41) is 4.11. The Bertz CT molecular complexity index is 1010. The fraction of sp³-hybridized carbons (Fsp3) is 0.400. The number of rotatable bonds is 7. The van der Waals surface area contributed by atoms with E-state index in [2.05, 4.69) is 17.3 Å². The molecule has 0 radical (unpaired) electrons. The Balaban J connectivity index is 1.42. The molecule has 1 aliphatic carbocycles. The Morgan fingerprint density at radius 3 is 2.73 bits per heavy atom. The molecule has 1 fully saturated rings. The number of benzene rings is 2. The molecule has 1 aromatic heterocycles. The highest BCUT2D eigenvalue weighted by molar-refractivity contribution is 5.95. The maximum absolute atomic E-state index is 13.8. The van der Waals surface area contributed by atoms with Crippen molar-refractivity contribution in [3.8, 4) is 11.1 Å². The number of nitrogens with one attached hydrogen (secondary N) is 1. The molecule has 4 nitrogen and oxygen atoms in total. The van der Waals surface area contributed by atoms with Crippen molar-refractivity contribution in [2.24, 2.45) is 0 Å². The van der Waals surface area contributed by atoms with Crippen LogP contribution in [-0.4, -0.2) is 41.6 Å². The van der Waals surface area contributed by atoms with Gasteiger partial charge < -0.3 is 14.8 Å². The molecule has 30 heavy (non-hydrogen) atoms. The maximum atomic E-state index is 13.8. The lowest BCUT2D eigenvalue weighted by Gasteiger charge is -2.31. The van der Waals surface area contributed by atoms with Crippen LogP contribution in [0.3, 0.4) is 0 Å². The standard InChI is InChI=1S/C25H30FN3O/c1-28(22-10-3-2-4-11-22)16-14-27-24(30)18-29-15-13-19-7-6-12-23(25(19)29)20-8-5-9-21(26)17-20/h5-9,12-13,15,17,22H,2-4,10-11,14,16,18H2,1H3,(H,27,30). The van der Waals surface area contributed by atoms with Crippen LogP contribution in [0.1, 0.15) is 32.1 Å². The number of hydrogen-bond donors (Lipinski definition) is 1. The third-order valence-electron chi connectivity index (χ3n) is 6.22. The number of halogens is 1. The molecule has 0 spiro atoms. The zero-order chi connectivity index (χ0) is 20.9. The van der Waals surface area contributed by atoms with E-state index in [1.807, 2.05) is 41.1 Å². The number of likely N-dealkylation sites (N-methyl/N-ethyl adjacent to an activating group) is 1. The first-order valence-corrected chi connectivity index (χ1v) is 10.9. The van der Waals surface area contributed by atoms with Crippen LogP contribution in [0.15, 0.2) is 54.7 Å². The Labute approximate surface area is 177 Å². The van der Waals surface area contributed by atoms with E-state index >= 15 is 0 Å². The third-order valence-corrected chi connectivity index (χ3v) is 6.22. The number of carbonyl (C=O) groups excluding carboxylic acids is 1. The highest BCUT2D eigenvalue weighted by atomic mass is 19.1. The van der Waals surface area contributed by atoms with Crippen molar-refractivity contribution in [3.63, 3.8) is 0 Å². The molecule has 4 rings (SSSR count). The van der Waals surface area contributed by atoms with Gasteiger partial charge in [0.15, 0.2) is 0 Å². The number of fused-ring (bicyclic) bond motifs is 1. The van der Waals surface area contributed by atoms with Crippen LogP contribution in [0, 0.1) is 5.82 Å². The molecule has 1 aliphatic rings. The monoisotopic (exact) mass is 407 g/mol. The van der Waals surface area contributed by atoms with Crippen LogP contribution in [0.25, 0.3) is 22.0 Å². The van der Waals surface area contributed by atoms with Crippen LogP contribution < -0.4 is 5.32 Å². The fourth-order valence-electron chi connectivity index (χ4n) is 4.57. The smallest absolute Gasteiger partial charge is 0.239 e. The molecular formula is C25H30FN3O. The molecule has 1 amide bonds. The van der Waals surface area contributed by atoms with E-state index in [4.69, 9.17) is 0 Å². The number of carbonyl (C=O) groups is 1. The number of amides is 1. The van der Waals surface area contributed by atoms with Gasteiger partial charge in [0.05, 0.1) is 5.52 Å². The maximum Gasteiger partial charge on any atom is 0.239 e. The van der Waals surface area contributed by atoms with Crippen LogP contribution in [0.2, 0.25) is 0 Å². The SMILES string of the molecule is CN(CCNC(=O)Cn1ccc2cccc(-c3cccc(F)c3)c21)C1CCCCC1. The minimum absolute atomic E-state index is 0.00131. The minimum Gasteiger partial charge on any atom is -0.353 e. The zero-order valence-electron chi connectivity index (χ0n) is 17.6. The van der Waals surface area contributed by atoms with Gasteiger partial charge in [-0.25, -0.2) is 4.39 Å². The number of hydrogen-bond acceptors (Lipinski definition) is 2. The van der Waals surface area contributed by atoms with Gasteiger partial charge in [-0.15, -0.1) is 0 Å². The van der Waals surface area contributed by atoms with Crippen molar-refractivity contribution in [1.29, 1.82) is 0 Å². The fourth-order valence-corrected chi connectivity index (χ4v) is 4.57. The van der Waals surface area contributed by atoms with Gasteiger partial charge in [0.25, 0.3) is 0 Å². The quantitative estimate of drug-likeness (QED) is 0.609. The topological polar surface area (TPSA) is 37.3 Å². The molecule has 0 atom stereocenters. The van der Waals surface area contributed by atoms with Gasteiger partial charge in [-0.3, -0.25) is 4.79 Å². The molecule has 2 aromatic carbocycles. The lowest BCUT2D eigenvalue weighted by molar-refractivity contribution is -0.121. The Kier molecular flexibility index (Phi) is 6.48. The first kappa shape index (κ1) is 20.6. The number of nitrogens with zero attached hydrogens (tertiary/aromatic N) is 2. The predicted octanol–water partition coefficient (Wildman–Crippen LogP) is 4.83. The average molecular weight is 408 g/mol. The highest BCUT2D eigenvalue weighted by Gasteiger charge is 2.18. The van der Waals surface area contributed by atoms with Crippen molar-refractivity contribution in [2.75, 3.05) is 20.1 Å². The predicted molar refractivity (Wildman–Crippen MR) is 120 cm³/mol. The summed E-state index contributed by atoms with van der Waals surface area (Å²) >= 11 is 0. The summed E-state index contributed by atoms with van der Waals surface area (Å²) in [7, 11) is 2.16. The lowest BCUT2D eigenvalue weighted by Crippen LogP contribution is -2.40. The van der Waals surface area contributed by atoms with Crippen molar-refractivity contribution in [1.82, 2.24) is 14.8 Å². The molecule has 0 aliphatic heterocycles. The molecule has 158 valence electrons. The van der Waals surface area contributed by atoms with Crippen molar-refractivity contribution >= 4 is 16.8 Å². The zero-order valence-corrected chi connectivity index (χ0v) is 17.6. The van der Waals surface area contributed by atoms with Crippen molar-refractivity contribution < 1.29 is 9.18 Å². The summed E-state index contributed by atoms with van der Waals surface area (Å²) in [6, 6.07) is 15.2. The van der Waals surface area contributed by atoms with Crippen molar-refractivity contribution in [2.45, 2.75) is 44.7 Å². The van der Waals surface area contributed by atoms with Gasteiger partial charge in [0.1, 0.15) is 12.4 Å². The van der Waals surface area contributed by atoms with Gasteiger partial charge >= 0.3 is 0 Å². The van der Waals surface area contributed by atoms with Gasteiger partial charge in [-0.05, 0) is 43.7 Å². The Morgan fingerprint density at radius 1 is 1.13 bits per heavy atom. The second kappa shape index (κ2) is 9.43. The summed E-state index contributed by atoms with van der Waals surface area (Å²) in [6.45, 7) is 1.78. The average Bonchev–Trinajstić information content (AvgIpc) is 3.17. The lowest BCUT2D eigenvalue weighted by atomic mass is 9.94. The molecule has 5 heteroatoms. The number of para-hydroxylation sites is 1. The molecular weight excluding hydrogens is 377 g/mol. The van der Waals surface area contributed by atoms with E-state index in [0.717, 1.165) is 28.6 Å². The molecule has 1 heterocycles. The van der Waals surface area contributed by atoms with Crippen LogP contribution in [0.4, 0.5) is 4.39 Å². The Hall–Kier alpha value is -2.66. The molecule has 0 unspecified atom stereocenters. The molecule has 1 saturated carbocycles. The first-order valence-electron chi connectivity index (χ1n) is 10.9. The van der Waals surface area contributed by atoms with E-state index in [-0.39, 0.29) is 18.3 Å². The van der Waals surface area contributed by atoms with Crippen molar-refractivity contribution in [3.05, 3.63) is 60.5 Å².